The van der Waals surface area contributed by atoms with Gasteiger partial charge in [0.15, 0.2) is 0 Å². The summed E-state index contributed by atoms with van der Waals surface area (Å²) in [5.74, 6) is 5.45. The molecule has 0 aliphatic heterocycles. The van der Waals surface area contributed by atoms with E-state index in [1.54, 1.807) is 0 Å². The molecule has 1 aromatic rings. The molecule has 1 aromatic carbocycles. The first-order chi connectivity index (χ1) is 12.5. The molecule has 2 nitrogen and oxygen atoms in total. The molecule has 0 N–H and O–H groups in total. The Bertz CT molecular complexity index is 563. The van der Waals surface area contributed by atoms with Crippen LogP contribution in [0.3, 0.4) is 0 Å². The van der Waals surface area contributed by atoms with Crippen molar-refractivity contribution in [1.29, 1.82) is 0 Å². The second-order valence-corrected chi connectivity index (χ2v) is 9.64. The zero-order valence-corrected chi connectivity index (χ0v) is 17.0. The van der Waals surface area contributed by atoms with E-state index in [1.165, 1.54) is 44.1 Å². The highest BCUT2D eigenvalue weighted by Crippen LogP contribution is 2.55. The minimum Gasteiger partial charge on any atom is -0.465 e. The number of hydrogen-bond acceptors (Lipinski definition) is 2. The van der Waals surface area contributed by atoms with Gasteiger partial charge in [-0.25, -0.2) is 0 Å². The van der Waals surface area contributed by atoms with Gasteiger partial charge in [0, 0.05) is 5.92 Å². The van der Waals surface area contributed by atoms with Crippen LogP contribution in [0.15, 0.2) is 24.3 Å². The lowest BCUT2D eigenvalue weighted by molar-refractivity contribution is -0.210. The first kappa shape index (κ1) is 18.3. The third-order valence-corrected chi connectivity index (χ3v) is 7.29. The van der Waals surface area contributed by atoms with E-state index in [2.05, 4.69) is 52.0 Å². The van der Waals surface area contributed by atoms with Crippen molar-refractivity contribution in [3.05, 3.63) is 29.8 Å². The van der Waals surface area contributed by atoms with Crippen LogP contribution in [0.5, 0.6) is 5.75 Å². The second kappa shape index (κ2) is 7.54. The molecule has 4 fully saturated rings. The molecule has 5 rings (SSSR count). The van der Waals surface area contributed by atoms with E-state index < -0.39 is 0 Å². The van der Waals surface area contributed by atoms with Crippen LogP contribution in [0, 0.1) is 29.6 Å². The predicted molar refractivity (Wildman–Crippen MR) is 106 cm³/mol. The average Bonchev–Trinajstić information content (AvgIpc) is 2.63. The lowest BCUT2D eigenvalue weighted by atomic mass is 9.55. The molecular formula is C24H36O2. The van der Waals surface area contributed by atoms with Crippen LogP contribution in [-0.4, -0.2) is 12.4 Å². The number of hydrogen-bond donors (Lipinski definition) is 0. The molecule has 0 saturated heterocycles. The third-order valence-electron chi connectivity index (χ3n) is 7.29. The maximum Gasteiger partial charge on any atom is 0.202 e. The summed E-state index contributed by atoms with van der Waals surface area (Å²) < 4.78 is 13.0. The maximum absolute atomic E-state index is 6.67. The summed E-state index contributed by atoms with van der Waals surface area (Å²) in [6.07, 6.45) is 8.54. The van der Waals surface area contributed by atoms with Gasteiger partial charge in [-0.2, -0.15) is 0 Å². The molecule has 2 atom stereocenters. The van der Waals surface area contributed by atoms with Gasteiger partial charge >= 0.3 is 0 Å². The zero-order valence-electron chi connectivity index (χ0n) is 17.0. The van der Waals surface area contributed by atoms with Gasteiger partial charge in [-0.05, 0) is 85.8 Å². The number of ether oxygens (including phenoxy) is 2. The Morgan fingerprint density at radius 3 is 1.96 bits per heavy atom. The molecule has 144 valence electrons. The van der Waals surface area contributed by atoms with Gasteiger partial charge in [-0.1, -0.05) is 39.8 Å². The predicted octanol–water partition coefficient (Wildman–Crippen LogP) is 6.40. The minimum atomic E-state index is -0.132. The smallest absolute Gasteiger partial charge is 0.202 e. The van der Waals surface area contributed by atoms with Crippen molar-refractivity contribution in [2.75, 3.05) is 0 Å². The van der Waals surface area contributed by atoms with Crippen LogP contribution in [0.25, 0.3) is 0 Å². The Morgan fingerprint density at radius 2 is 1.46 bits per heavy atom. The van der Waals surface area contributed by atoms with Crippen molar-refractivity contribution >= 4 is 0 Å². The Kier molecular flexibility index (Phi) is 5.32. The maximum atomic E-state index is 6.67. The summed E-state index contributed by atoms with van der Waals surface area (Å²) in [7, 11) is 0. The number of rotatable bonds is 7. The molecule has 0 radical (unpaired) electrons. The quantitative estimate of drug-likeness (QED) is 0.526. The molecular weight excluding hydrogens is 320 g/mol. The fraction of sp³-hybridized carbons (Fsp3) is 0.750. The van der Waals surface area contributed by atoms with E-state index in [-0.39, 0.29) is 6.29 Å². The largest absolute Gasteiger partial charge is 0.465 e. The van der Waals surface area contributed by atoms with Gasteiger partial charge in [0.1, 0.15) is 5.75 Å². The highest BCUT2D eigenvalue weighted by molar-refractivity contribution is 5.29. The van der Waals surface area contributed by atoms with E-state index in [4.69, 9.17) is 9.47 Å². The van der Waals surface area contributed by atoms with E-state index >= 15 is 0 Å². The topological polar surface area (TPSA) is 18.5 Å². The summed E-state index contributed by atoms with van der Waals surface area (Å²) in [5.41, 5.74) is 1.39. The Morgan fingerprint density at radius 1 is 0.885 bits per heavy atom. The molecule has 0 heterocycles. The highest BCUT2D eigenvalue weighted by Gasteiger charge is 2.49. The van der Waals surface area contributed by atoms with Crippen LogP contribution >= 0.6 is 0 Å². The molecule has 4 aliphatic carbocycles. The summed E-state index contributed by atoms with van der Waals surface area (Å²) in [4.78, 5) is 0. The van der Waals surface area contributed by atoms with Crippen molar-refractivity contribution < 1.29 is 9.47 Å². The van der Waals surface area contributed by atoms with Crippen molar-refractivity contribution in [2.45, 2.75) is 84.5 Å². The first-order valence-electron chi connectivity index (χ1n) is 11.0. The van der Waals surface area contributed by atoms with E-state index in [0.29, 0.717) is 17.9 Å². The molecule has 2 unspecified atom stereocenters. The van der Waals surface area contributed by atoms with Gasteiger partial charge in [-0.15, -0.1) is 0 Å². The van der Waals surface area contributed by atoms with Gasteiger partial charge in [0.05, 0.1) is 6.10 Å². The summed E-state index contributed by atoms with van der Waals surface area (Å²) >= 11 is 0. The fourth-order valence-electron chi connectivity index (χ4n) is 5.82. The number of benzene rings is 1. The van der Waals surface area contributed by atoms with Crippen molar-refractivity contribution in [3.63, 3.8) is 0 Å². The normalized spacial score (nSPS) is 34.9. The Balaban J connectivity index is 1.42. The SMILES string of the molecule is CCC(C)c1ccc(OC(OC2C3CC4CC(C3)CC2C4)C(C)C)cc1. The minimum absolute atomic E-state index is 0.132. The molecule has 4 saturated carbocycles. The van der Waals surface area contributed by atoms with Crippen molar-refractivity contribution in [2.24, 2.45) is 29.6 Å². The van der Waals surface area contributed by atoms with E-state index in [0.717, 1.165) is 29.4 Å². The summed E-state index contributed by atoms with van der Waals surface area (Å²) in [5, 5.41) is 0. The van der Waals surface area contributed by atoms with Crippen LogP contribution in [-0.2, 0) is 4.74 Å². The molecule has 4 aliphatic rings. The highest BCUT2D eigenvalue weighted by atomic mass is 16.7. The average molecular weight is 357 g/mol. The molecule has 26 heavy (non-hydrogen) atoms. The zero-order chi connectivity index (χ0) is 18.3. The first-order valence-corrected chi connectivity index (χ1v) is 11.0. The van der Waals surface area contributed by atoms with Crippen LogP contribution < -0.4 is 4.74 Å². The molecule has 4 bridgehead atoms. The second-order valence-electron chi connectivity index (χ2n) is 9.64. The fourth-order valence-corrected chi connectivity index (χ4v) is 5.82. The lowest BCUT2D eigenvalue weighted by Gasteiger charge is -2.54. The monoisotopic (exact) mass is 356 g/mol. The Hall–Kier alpha value is -1.02. The molecule has 0 aromatic heterocycles. The summed E-state index contributed by atoms with van der Waals surface area (Å²) in [6, 6.07) is 8.67. The Labute approximate surface area is 159 Å². The summed E-state index contributed by atoms with van der Waals surface area (Å²) in [6.45, 7) is 8.95. The van der Waals surface area contributed by atoms with Gasteiger partial charge in [0.2, 0.25) is 6.29 Å². The van der Waals surface area contributed by atoms with Gasteiger partial charge in [-0.3, -0.25) is 0 Å². The van der Waals surface area contributed by atoms with Crippen molar-refractivity contribution in [1.82, 2.24) is 0 Å². The van der Waals surface area contributed by atoms with Crippen LogP contribution in [0.4, 0.5) is 0 Å². The van der Waals surface area contributed by atoms with Crippen LogP contribution in [0.1, 0.15) is 77.7 Å². The molecule has 2 heteroatoms. The van der Waals surface area contributed by atoms with Gasteiger partial charge < -0.3 is 9.47 Å². The van der Waals surface area contributed by atoms with Crippen molar-refractivity contribution in [3.8, 4) is 5.75 Å². The third kappa shape index (κ3) is 3.67. The standard InChI is InChI=1S/C24H36O2/c1-5-16(4)19-6-8-22(9-7-19)25-24(15(2)3)26-23-20-11-17-10-18(13-20)14-21(23)12-17/h6-9,15-18,20-21,23-24H,5,10-14H2,1-4H3. The van der Waals surface area contributed by atoms with Gasteiger partial charge in [0.25, 0.3) is 0 Å². The molecule has 0 spiro atoms. The van der Waals surface area contributed by atoms with Crippen LogP contribution in [0.2, 0.25) is 0 Å². The van der Waals surface area contributed by atoms with E-state index in [9.17, 15) is 0 Å². The molecule has 0 amide bonds. The lowest BCUT2D eigenvalue weighted by Crippen LogP contribution is -2.51. The van der Waals surface area contributed by atoms with E-state index in [1.807, 2.05) is 0 Å².